The Morgan fingerprint density at radius 2 is 2.17 bits per heavy atom. The van der Waals surface area contributed by atoms with Crippen LogP contribution in [-0.4, -0.2) is 48.3 Å². The van der Waals surface area contributed by atoms with Crippen molar-refractivity contribution >= 4 is 5.97 Å². The van der Waals surface area contributed by atoms with E-state index >= 15 is 0 Å². The Kier molecular flexibility index (Phi) is 8.35. The van der Waals surface area contributed by atoms with Crippen molar-refractivity contribution in [1.29, 1.82) is 0 Å². The number of aliphatic hydroxyl groups is 2. The molecule has 1 aliphatic heterocycles. The minimum Gasteiger partial charge on any atom is -0.495 e. The predicted octanol–water partition coefficient (Wildman–Crippen LogP) is 4.23. The lowest BCUT2D eigenvalue weighted by Crippen LogP contribution is -2.40. The highest BCUT2D eigenvalue weighted by molar-refractivity contribution is 5.69. The molecular weight excluding hydrogens is 387 g/mol. The first-order chi connectivity index (χ1) is 14.5. The molecule has 0 spiro atoms. The summed E-state index contributed by atoms with van der Waals surface area (Å²) in [5, 5.41) is 21.3. The number of alkyl halides is 1. The minimum absolute atomic E-state index is 0.0147. The van der Waals surface area contributed by atoms with Crippen LogP contribution in [0.15, 0.2) is 24.0 Å². The van der Waals surface area contributed by atoms with Crippen molar-refractivity contribution in [3.05, 3.63) is 24.0 Å². The van der Waals surface area contributed by atoms with Gasteiger partial charge in [-0.05, 0) is 50.0 Å². The summed E-state index contributed by atoms with van der Waals surface area (Å²) in [4.78, 5) is 11.2. The summed E-state index contributed by atoms with van der Waals surface area (Å²) >= 11 is 0. The van der Waals surface area contributed by atoms with E-state index in [9.17, 15) is 19.4 Å². The number of carbonyl (C=O) groups is 1. The van der Waals surface area contributed by atoms with Crippen molar-refractivity contribution in [2.75, 3.05) is 13.8 Å². The monoisotopic (exact) mass is 424 g/mol. The van der Waals surface area contributed by atoms with Crippen LogP contribution in [0.5, 0.6) is 0 Å². The molecule has 3 rings (SSSR count). The van der Waals surface area contributed by atoms with Crippen LogP contribution in [0, 0.1) is 17.3 Å². The topological polar surface area (TPSA) is 76.0 Å². The average Bonchev–Trinajstić information content (AvgIpc) is 3.21. The van der Waals surface area contributed by atoms with Crippen LogP contribution >= 0.6 is 0 Å². The molecule has 0 radical (unpaired) electrons. The predicted molar refractivity (Wildman–Crippen MR) is 112 cm³/mol. The third-order valence-electron chi connectivity index (χ3n) is 7.37. The van der Waals surface area contributed by atoms with Gasteiger partial charge in [0.2, 0.25) is 0 Å². The molecule has 0 unspecified atom stereocenters. The Morgan fingerprint density at radius 1 is 1.37 bits per heavy atom. The summed E-state index contributed by atoms with van der Waals surface area (Å²) in [5.41, 5.74) is -0.106. The van der Waals surface area contributed by atoms with Crippen molar-refractivity contribution < 1.29 is 28.9 Å². The first kappa shape index (κ1) is 23.3. The summed E-state index contributed by atoms with van der Waals surface area (Å²) in [7, 11) is 1.40. The molecule has 2 aliphatic carbocycles. The van der Waals surface area contributed by atoms with Crippen molar-refractivity contribution in [3.8, 4) is 0 Å². The number of carbonyl (C=O) groups excluding carboxylic acids is 1. The number of ether oxygens (including phenoxy) is 2. The van der Waals surface area contributed by atoms with Gasteiger partial charge in [0, 0.05) is 31.1 Å². The van der Waals surface area contributed by atoms with Crippen molar-refractivity contribution in [1.82, 2.24) is 0 Å². The van der Waals surface area contributed by atoms with Crippen molar-refractivity contribution in [2.45, 2.75) is 88.9 Å². The molecule has 0 bridgehead atoms. The molecule has 6 heteroatoms. The van der Waals surface area contributed by atoms with Gasteiger partial charge < -0.3 is 19.7 Å². The van der Waals surface area contributed by atoms with E-state index in [-0.39, 0.29) is 36.0 Å². The zero-order valence-corrected chi connectivity index (χ0v) is 18.1. The maximum absolute atomic E-state index is 12.5. The van der Waals surface area contributed by atoms with E-state index in [4.69, 9.17) is 4.74 Å². The van der Waals surface area contributed by atoms with Gasteiger partial charge in [-0.1, -0.05) is 25.0 Å². The van der Waals surface area contributed by atoms with E-state index in [1.54, 1.807) is 0 Å². The SMILES string of the molecule is COC(=O)CCCC=C1C[C@@H]2[C@@H](C=C[C@@H](O)C3(CCCCF)CCC3)[C@H](O)C[C@H]2O1. The molecule has 5 atom stereocenters. The van der Waals surface area contributed by atoms with E-state index in [0.29, 0.717) is 19.3 Å². The summed E-state index contributed by atoms with van der Waals surface area (Å²) in [5.74, 6) is 0.952. The van der Waals surface area contributed by atoms with E-state index in [2.05, 4.69) is 10.8 Å². The summed E-state index contributed by atoms with van der Waals surface area (Å²) < 4.78 is 23.2. The van der Waals surface area contributed by atoms with Crippen LogP contribution in [-0.2, 0) is 14.3 Å². The zero-order valence-electron chi connectivity index (χ0n) is 18.1. The third-order valence-corrected chi connectivity index (χ3v) is 7.37. The van der Waals surface area contributed by atoms with Crippen LogP contribution in [0.3, 0.4) is 0 Å². The molecule has 0 aromatic heterocycles. The van der Waals surface area contributed by atoms with Gasteiger partial charge in [0.1, 0.15) is 6.10 Å². The fraction of sp³-hybridized carbons (Fsp3) is 0.792. The highest BCUT2D eigenvalue weighted by Crippen LogP contribution is 2.49. The van der Waals surface area contributed by atoms with Crippen molar-refractivity contribution in [2.24, 2.45) is 17.3 Å². The highest BCUT2D eigenvalue weighted by Gasteiger charge is 2.47. The number of hydrogen-bond acceptors (Lipinski definition) is 5. The van der Waals surface area contributed by atoms with Gasteiger partial charge in [-0.15, -0.1) is 0 Å². The number of hydrogen-bond donors (Lipinski definition) is 2. The normalized spacial score (nSPS) is 32.1. The van der Waals surface area contributed by atoms with E-state index in [1.807, 2.05) is 12.2 Å². The van der Waals surface area contributed by atoms with Crippen molar-refractivity contribution in [3.63, 3.8) is 0 Å². The van der Waals surface area contributed by atoms with Gasteiger partial charge in [-0.3, -0.25) is 9.18 Å². The molecule has 2 saturated carbocycles. The average molecular weight is 425 g/mol. The fourth-order valence-corrected chi connectivity index (χ4v) is 5.33. The quantitative estimate of drug-likeness (QED) is 0.295. The van der Waals surface area contributed by atoms with Crippen LogP contribution in [0.4, 0.5) is 4.39 Å². The van der Waals surface area contributed by atoms with Crippen LogP contribution in [0.1, 0.15) is 70.6 Å². The van der Waals surface area contributed by atoms with Gasteiger partial charge in [0.05, 0.1) is 31.8 Å². The van der Waals surface area contributed by atoms with Crippen LogP contribution in [0.25, 0.3) is 0 Å². The lowest BCUT2D eigenvalue weighted by atomic mass is 9.62. The van der Waals surface area contributed by atoms with E-state index in [1.165, 1.54) is 7.11 Å². The first-order valence-corrected chi connectivity index (χ1v) is 11.5. The molecule has 30 heavy (non-hydrogen) atoms. The molecule has 170 valence electrons. The summed E-state index contributed by atoms with van der Waals surface area (Å²) in [6.45, 7) is -0.294. The maximum Gasteiger partial charge on any atom is 0.305 e. The second-order valence-electron chi connectivity index (χ2n) is 9.24. The molecule has 0 aromatic rings. The number of aliphatic hydroxyl groups excluding tert-OH is 2. The number of methoxy groups -OCH3 is 1. The number of halogens is 1. The molecule has 1 saturated heterocycles. The Morgan fingerprint density at radius 3 is 2.83 bits per heavy atom. The van der Waals surface area contributed by atoms with Gasteiger partial charge in [0.25, 0.3) is 0 Å². The molecule has 0 amide bonds. The Labute approximate surface area is 179 Å². The first-order valence-electron chi connectivity index (χ1n) is 11.5. The van der Waals surface area contributed by atoms with Crippen LogP contribution < -0.4 is 0 Å². The highest BCUT2D eigenvalue weighted by atomic mass is 19.1. The molecule has 0 aromatic carbocycles. The molecule has 2 N–H and O–H groups in total. The number of unbranched alkanes of at least 4 members (excludes halogenated alkanes) is 2. The minimum atomic E-state index is -0.534. The number of rotatable bonds is 11. The standard InChI is InChI=1S/C24H37FO5/c1-29-23(28)8-3-2-7-17-15-19-18(20(26)16-21(19)30-17)9-10-22(27)24(12-6-13-24)11-4-5-14-25/h7,9-10,18-22,26-27H,2-6,8,11-16H2,1H3/t18-,19-,20-,21-,22-/m1/s1. The van der Waals surface area contributed by atoms with Gasteiger partial charge >= 0.3 is 5.97 Å². The number of allylic oxidation sites excluding steroid dienone is 2. The van der Waals surface area contributed by atoms with Gasteiger partial charge in [-0.2, -0.15) is 0 Å². The third kappa shape index (κ3) is 5.44. The van der Waals surface area contributed by atoms with E-state index in [0.717, 1.165) is 57.1 Å². The largest absolute Gasteiger partial charge is 0.495 e. The van der Waals surface area contributed by atoms with Crippen LogP contribution in [0.2, 0.25) is 0 Å². The Bertz CT molecular complexity index is 627. The molecular formula is C24H37FO5. The van der Waals surface area contributed by atoms with E-state index < -0.39 is 12.2 Å². The molecule has 3 aliphatic rings. The Balaban J connectivity index is 1.53. The lowest BCUT2D eigenvalue weighted by molar-refractivity contribution is -0.140. The smallest absolute Gasteiger partial charge is 0.305 e. The molecule has 1 heterocycles. The number of fused-ring (bicyclic) bond motifs is 1. The Hall–Kier alpha value is -1.40. The second kappa shape index (κ2) is 10.8. The number of esters is 1. The molecule has 3 fully saturated rings. The summed E-state index contributed by atoms with van der Waals surface area (Å²) in [6, 6.07) is 0. The van der Waals surface area contributed by atoms with Gasteiger partial charge in [-0.25, -0.2) is 0 Å². The van der Waals surface area contributed by atoms with Gasteiger partial charge in [0.15, 0.2) is 0 Å². The molecule has 5 nitrogen and oxygen atoms in total. The maximum atomic E-state index is 12.5. The second-order valence-corrected chi connectivity index (χ2v) is 9.24. The summed E-state index contributed by atoms with van der Waals surface area (Å²) in [6.07, 6.45) is 13.6. The fourth-order valence-electron chi connectivity index (χ4n) is 5.33. The lowest BCUT2D eigenvalue weighted by Gasteiger charge is -2.45. The zero-order chi connectivity index (χ0) is 21.6.